The highest BCUT2D eigenvalue weighted by Crippen LogP contribution is 2.37. The van der Waals surface area contributed by atoms with Crippen LogP contribution in [-0.2, 0) is 0 Å². The van der Waals surface area contributed by atoms with Gasteiger partial charge in [0, 0.05) is 0 Å². The molecule has 0 aliphatic heterocycles. The minimum Gasteiger partial charge on any atom is -0.195 e. The van der Waals surface area contributed by atoms with E-state index in [1.807, 2.05) is 0 Å². The highest BCUT2D eigenvalue weighted by atomic mass is 32.2. The van der Waals surface area contributed by atoms with Crippen molar-refractivity contribution in [1.29, 1.82) is 0 Å². The minimum atomic E-state index is -5.41. The van der Waals surface area contributed by atoms with E-state index in [4.69, 9.17) is 0 Å². The van der Waals surface area contributed by atoms with Crippen LogP contribution < -0.4 is 0 Å². The van der Waals surface area contributed by atoms with Gasteiger partial charge in [-0.05, 0) is 6.26 Å². The Hall–Kier alpha value is -0.0000000000000000555. The molecule has 0 rings (SSSR count). The molecule has 0 nitrogen and oxygen atoms in total. The maximum absolute atomic E-state index is 11.8. The summed E-state index contributed by atoms with van der Waals surface area (Å²) in [6.45, 7) is 0. The molecule has 0 saturated carbocycles. The number of hydrogen-bond donors (Lipinski definition) is 0. The summed E-state index contributed by atoms with van der Waals surface area (Å²) in [5.41, 5.74) is 0. The first-order chi connectivity index (χ1) is 4.31. The fourth-order valence-corrected chi connectivity index (χ4v) is 0.789. The number of halogens is 5. The molecular weight excluding hydrogens is 175 g/mol. The lowest BCUT2D eigenvalue weighted by atomic mass is 10.4. The van der Waals surface area contributed by atoms with Crippen molar-refractivity contribution >= 4 is 11.8 Å². The van der Waals surface area contributed by atoms with Crippen molar-refractivity contribution in [2.45, 2.75) is 12.1 Å². The molecule has 0 saturated heterocycles. The molecule has 0 bridgehead atoms. The van der Waals surface area contributed by atoms with Gasteiger partial charge in [-0.25, -0.2) is 0 Å². The normalized spacial score (nSPS) is 13.8. The van der Waals surface area contributed by atoms with Crippen molar-refractivity contribution in [3.05, 3.63) is 0 Å². The lowest BCUT2D eigenvalue weighted by Crippen LogP contribution is -2.38. The maximum atomic E-state index is 11.8. The van der Waals surface area contributed by atoms with E-state index in [0.717, 1.165) is 0 Å². The summed E-state index contributed by atoms with van der Waals surface area (Å²) in [6.07, 6.45) is -4.21. The highest BCUT2D eigenvalue weighted by molar-refractivity contribution is 7.98. The van der Waals surface area contributed by atoms with Crippen LogP contribution in [0.1, 0.15) is 0 Å². The largest absolute Gasteiger partial charge is 0.454 e. The van der Waals surface area contributed by atoms with E-state index in [-0.39, 0.29) is 0 Å². The standard InChI is InChI=1S/C4H5F5S/c1-10-2-3(5,6)4(7,8)9/h2H2,1H3. The van der Waals surface area contributed by atoms with Crippen molar-refractivity contribution in [3.63, 3.8) is 0 Å². The lowest BCUT2D eigenvalue weighted by Gasteiger charge is -2.17. The maximum Gasteiger partial charge on any atom is 0.454 e. The van der Waals surface area contributed by atoms with E-state index >= 15 is 0 Å². The molecule has 10 heavy (non-hydrogen) atoms. The predicted octanol–water partition coefficient (Wildman–Crippen LogP) is 2.55. The molecule has 0 aromatic heterocycles. The third-order valence-corrected chi connectivity index (χ3v) is 1.39. The van der Waals surface area contributed by atoms with Crippen molar-refractivity contribution in [2.75, 3.05) is 12.0 Å². The molecule has 0 aromatic carbocycles. The SMILES string of the molecule is CSCC(F)(F)C(F)(F)F. The molecule has 0 radical (unpaired) electrons. The molecule has 0 unspecified atom stereocenters. The van der Waals surface area contributed by atoms with E-state index in [0.29, 0.717) is 11.8 Å². The Morgan fingerprint density at radius 3 is 1.60 bits per heavy atom. The van der Waals surface area contributed by atoms with Crippen molar-refractivity contribution < 1.29 is 22.0 Å². The Morgan fingerprint density at radius 1 is 1.10 bits per heavy atom. The minimum absolute atomic E-state index is 0.465. The molecule has 0 aromatic rings. The average molecular weight is 180 g/mol. The first kappa shape index (κ1) is 10.0. The fourth-order valence-electron chi connectivity index (χ4n) is 0.263. The molecule has 0 N–H and O–H groups in total. The van der Waals surface area contributed by atoms with Crippen LogP contribution in [0.2, 0.25) is 0 Å². The molecule has 0 atom stereocenters. The zero-order valence-electron chi connectivity index (χ0n) is 5.01. The summed E-state index contributed by atoms with van der Waals surface area (Å²) in [4.78, 5) is 0. The topological polar surface area (TPSA) is 0 Å². The van der Waals surface area contributed by atoms with Gasteiger partial charge in [0.25, 0.3) is 0 Å². The zero-order chi connectivity index (χ0) is 8.41. The van der Waals surface area contributed by atoms with Gasteiger partial charge in [0.05, 0.1) is 5.75 Å². The first-order valence-electron chi connectivity index (χ1n) is 2.25. The first-order valence-corrected chi connectivity index (χ1v) is 3.64. The third kappa shape index (κ3) is 2.32. The fraction of sp³-hybridized carbons (Fsp3) is 1.00. The summed E-state index contributed by atoms with van der Waals surface area (Å²) >= 11 is 0.465. The summed E-state index contributed by atoms with van der Waals surface area (Å²) in [6, 6.07) is 0. The summed E-state index contributed by atoms with van der Waals surface area (Å²) in [5.74, 6) is -5.76. The number of rotatable bonds is 2. The van der Waals surface area contributed by atoms with E-state index in [1.165, 1.54) is 6.26 Å². The molecule has 0 heterocycles. The highest BCUT2D eigenvalue weighted by Gasteiger charge is 2.56. The van der Waals surface area contributed by atoms with Crippen LogP contribution in [0.4, 0.5) is 22.0 Å². The second kappa shape index (κ2) is 2.94. The van der Waals surface area contributed by atoms with Gasteiger partial charge in [0.2, 0.25) is 0 Å². The van der Waals surface area contributed by atoms with E-state index in [2.05, 4.69) is 0 Å². The van der Waals surface area contributed by atoms with Crippen LogP contribution in [0.3, 0.4) is 0 Å². The van der Waals surface area contributed by atoms with Gasteiger partial charge < -0.3 is 0 Å². The third-order valence-electron chi connectivity index (χ3n) is 0.740. The summed E-state index contributed by atoms with van der Waals surface area (Å²) in [7, 11) is 0. The molecule has 0 aliphatic rings. The van der Waals surface area contributed by atoms with E-state index in [1.54, 1.807) is 0 Å². The Balaban J connectivity index is 4.10. The van der Waals surface area contributed by atoms with Crippen LogP contribution in [0.15, 0.2) is 0 Å². The Morgan fingerprint density at radius 2 is 1.50 bits per heavy atom. The monoisotopic (exact) mass is 180 g/mol. The number of hydrogen-bond acceptors (Lipinski definition) is 1. The van der Waals surface area contributed by atoms with Crippen LogP contribution in [0.5, 0.6) is 0 Å². The lowest BCUT2D eigenvalue weighted by molar-refractivity contribution is -0.271. The van der Waals surface area contributed by atoms with Crippen molar-refractivity contribution in [2.24, 2.45) is 0 Å². The van der Waals surface area contributed by atoms with Crippen LogP contribution in [0, 0.1) is 0 Å². The zero-order valence-corrected chi connectivity index (χ0v) is 5.82. The molecule has 0 spiro atoms. The Kier molecular flexibility index (Phi) is 2.94. The Bertz CT molecular complexity index is 107. The molecular formula is C4H5F5S. The van der Waals surface area contributed by atoms with Gasteiger partial charge in [0.1, 0.15) is 0 Å². The summed E-state index contributed by atoms with van der Waals surface area (Å²) in [5, 5.41) is 0. The Labute approximate surface area is 58.8 Å². The molecule has 62 valence electrons. The summed E-state index contributed by atoms with van der Waals surface area (Å²) < 4.78 is 57.3. The average Bonchev–Trinajstić information content (AvgIpc) is 1.61. The second-order valence-corrected chi connectivity index (χ2v) is 2.50. The molecule has 0 aliphatic carbocycles. The van der Waals surface area contributed by atoms with Crippen molar-refractivity contribution in [3.8, 4) is 0 Å². The molecule has 6 heteroatoms. The van der Waals surface area contributed by atoms with Gasteiger partial charge in [-0.2, -0.15) is 33.7 Å². The van der Waals surface area contributed by atoms with Crippen LogP contribution in [-0.4, -0.2) is 24.1 Å². The van der Waals surface area contributed by atoms with Gasteiger partial charge >= 0.3 is 12.1 Å². The van der Waals surface area contributed by atoms with Gasteiger partial charge in [0.15, 0.2) is 0 Å². The number of thioether (sulfide) groups is 1. The number of alkyl halides is 5. The predicted molar refractivity (Wildman–Crippen MR) is 29.4 cm³/mol. The van der Waals surface area contributed by atoms with Gasteiger partial charge in [-0.3, -0.25) is 0 Å². The van der Waals surface area contributed by atoms with Crippen molar-refractivity contribution in [1.82, 2.24) is 0 Å². The van der Waals surface area contributed by atoms with E-state index < -0.39 is 17.9 Å². The van der Waals surface area contributed by atoms with Gasteiger partial charge in [-0.1, -0.05) is 0 Å². The second-order valence-electron chi connectivity index (χ2n) is 1.64. The molecule has 0 fully saturated rings. The van der Waals surface area contributed by atoms with E-state index in [9.17, 15) is 22.0 Å². The smallest absolute Gasteiger partial charge is 0.195 e. The van der Waals surface area contributed by atoms with Crippen LogP contribution >= 0.6 is 11.8 Å². The van der Waals surface area contributed by atoms with Crippen LogP contribution in [0.25, 0.3) is 0 Å². The quantitative estimate of drug-likeness (QED) is 0.588. The van der Waals surface area contributed by atoms with Gasteiger partial charge in [-0.15, -0.1) is 0 Å². The molecule has 0 amide bonds.